The molecule has 0 radical (unpaired) electrons. The number of hydrogen-bond donors (Lipinski definition) is 0. The van der Waals surface area contributed by atoms with Gasteiger partial charge in [0, 0.05) is 20.9 Å². The topological polar surface area (TPSA) is 65.7 Å². The summed E-state index contributed by atoms with van der Waals surface area (Å²) in [6.07, 6.45) is 7.38. The van der Waals surface area contributed by atoms with Crippen LogP contribution in [0.4, 0.5) is 0 Å². The number of aromatic nitrogens is 2. The third-order valence-corrected chi connectivity index (χ3v) is 5.28. The van der Waals surface area contributed by atoms with Crippen molar-refractivity contribution >= 4 is 49.0 Å². The van der Waals surface area contributed by atoms with Gasteiger partial charge in [0.25, 0.3) is 5.56 Å². The number of fused-ring (bicyclic) bond motifs is 1. The first-order valence-corrected chi connectivity index (χ1v) is 10.3. The Kier molecular flexibility index (Phi) is 6.72. The van der Waals surface area contributed by atoms with Gasteiger partial charge >= 0.3 is 0 Å². The van der Waals surface area contributed by atoms with Gasteiger partial charge in [-0.15, -0.1) is 6.42 Å². The van der Waals surface area contributed by atoms with Crippen molar-refractivity contribution in [3.05, 3.63) is 61.0 Å². The molecule has 148 valence electrons. The molecule has 3 aromatic rings. The summed E-state index contributed by atoms with van der Waals surface area (Å²) in [6, 6.07) is 8.91. The highest BCUT2D eigenvalue weighted by Crippen LogP contribution is 2.33. The van der Waals surface area contributed by atoms with Crippen LogP contribution in [0.15, 0.2) is 49.2 Å². The van der Waals surface area contributed by atoms with Gasteiger partial charge in [-0.3, -0.25) is 4.79 Å². The molecule has 0 fully saturated rings. The van der Waals surface area contributed by atoms with Crippen LogP contribution in [0.3, 0.4) is 0 Å². The summed E-state index contributed by atoms with van der Waals surface area (Å²) in [4.78, 5) is 17.5. The van der Waals surface area contributed by atoms with E-state index in [2.05, 4.69) is 47.9 Å². The molecule has 1 heterocycles. The van der Waals surface area contributed by atoms with Crippen molar-refractivity contribution < 1.29 is 9.47 Å². The monoisotopic (exact) mass is 517 g/mol. The van der Waals surface area contributed by atoms with Crippen LogP contribution < -0.4 is 15.0 Å². The maximum atomic E-state index is 13.0. The van der Waals surface area contributed by atoms with Crippen molar-refractivity contribution in [2.24, 2.45) is 5.10 Å². The molecule has 0 aliphatic rings. The largest absolute Gasteiger partial charge is 0.493 e. The van der Waals surface area contributed by atoms with Crippen molar-refractivity contribution in [3.8, 4) is 23.8 Å². The second-order valence-electron chi connectivity index (χ2n) is 5.92. The normalized spacial score (nSPS) is 11.0. The Morgan fingerprint density at radius 3 is 2.76 bits per heavy atom. The lowest BCUT2D eigenvalue weighted by Crippen LogP contribution is -2.22. The maximum Gasteiger partial charge on any atom is 0.282 e. The highest BCUT2D eigenvalue weighted by Gasteiger charge is 2.12. The Labute approximate surface area is 184 Å². The molecule has 0 atom stereocenters. The predicted molar refractivity (Wildman–Crippen MR) is 121 cm³/mol. The second-order valence-corrected chi connectivity index (χ2v) is 7.69. The average Bonchev–Trinajstić information content (AvgIpc) is 2.72. The lowest BCUT2D eigenvalue weighted by molar-refractivity contribution is 0.330. The Morgan fingerprint density at radius 2 is 2.07 bits per heavy atom. The summed E-state index contributed by atoms with van der Waals surface area (Å²) in [6.45, 7) is 2.05. The number of halogens is 2. The van der Waals surface area contributed by atoms with E-state index in [0.717, 1.165) is 8.95 Å². The highest BCUT2D eigenvalue weighted by molar-refractivity contribution is 9.10. The Hall–Kier alpha value is -2.63. The number of nitrogens with zero attached hydrogens (tertiary/aromatic N) is 3. The van der Waals surface area contributed by atoms with E-state index in [4.69, 9.17) is 15.9 Å². The van der Waals surface area contributed by atoms with Crippen LogP contribution in [-0.2, 0) is 6.42 Å². The van der Waals surface area contributed by atoms with Gasteiger partial charge in [-0.05, 0) is 46.3 Å². The van der Waals surface area contributed by atoms with Crippen molar-refractivity contribution in [1.29, 1.82) is 0 Å². The lowest BCUT2D eigenvalue weighted by atomic mass is 10.2. The first-order chi connectivity index (χ1) is 14.0. The summed E-state index contributed by atoms with van der Waals surface area (Å²) < 4.78 is 13.7. The van der Waals surface area contributed by atoms with Gasteiger partial charge in [-0.1, -0.05) is 28.8 Å². The van der Waals surface area contributed by atoms with Gasteiger partial charge < -0.3 is 9.47 Å². The van der Waals surface area contributed by atoms with Gasteiger partial charge in [0.15, 0.2) is 11.5 Å². The molecular formula is C21H17Br2N3O3. The van der Waals surface area contributed by atoms with Gasteiger partial charge in [0.2, 0.25) is 0 Å². The summed E-state index contributed by atoms with van der Waals surface area (Å²) in [5.74, 6) is 4.01. The number of benzene rings is 2. The molecule has 0 N–H and O–H groups in total. The smallest absolute Gasteiger partial charge is 0.282 e. The molecule has 0 aliphatic carbocycles. The SMILES string of the molecule is C#CCOc1cc(Br)c(C=Nn2c(CC)nc3ccc(Br)cc3c2=O)cc1OC. The van der Waals surface area contributed by atoms with Crippen LogP contribution >= 0.6 is 31.9 Å². The third kappa shape index (κ3) is 4.52. The molecule has 0 bridgehead atoms. The van der Waals surface area contributed by atoms with E-state index in [0.29, 0.717) is 40.2 Å². The van der Waals surface area contributed by atoms with Gasteiger partial charge in [0.1, 0.15) is 12.4 Å². The van der Waals surface area contributed by atoms with Gasteiger partial charge in [-0.2, -0.15) is 9.78 Å². The summed E-state index contributed by atoms with van der Waals surface area (Å²) in [5, 5.41) is 4.89. The predicted octanol–water partition coefficient (Wildman–Crippen LogP) is 4.39. The number of rotatable bonds is 6. The molecule has 0 unspecified atom stereocenters. The minimum Gasteiger partial charge on any atom is -0.493 e. The van der Waals surface area contributed by atoms with E-state index in [-0.39, 0.29) is 12.2 Å². The fourth-order valence-electron chi connectivity index (χ4n) is 2.70. The molecule has 3 rings (SSSR count). The zero-order valence-electron chi connectivity index (χ0n) is 15.8. The van der Waals surface area contributed by atoms with Crippen LogP contribution in [0, 0.1) is 12.3 Å². The minimum absolute atomic E-state index is 0.129. The number of hydrogen-bond acceptors (Lipinski definition) is 5. The number of methoxy groups -OCH3 is 1. The quantitative estimate of drug-likeness (QED) is 0.358. The van der Waals surface area contributed by atoms with Crippen molar-refractivity contribution in [2.45, 2.75) is 13.3 Å². The molecule has 0 aliphatic heterocycles. The van der Waals surface area contributed by atoms with Crippen LogP contribution in [0.2, 0.25) is 0 Å². The van der Waals surface area contributed by atoms with E-state index in [1.165, 1.54) is 11.8 Å². The second kappa shape index (κ2) is 9.25. The molecule has 2 aromatic carbocycles. The zero-order chi connectivity index (χ0) is 21.0. The van der Waals surface area contributed by atoms with E-state index < -0.39 is 0 Å². The standard InChI is InChI=1S/C21H17Br2N3O3/c1-4-8-29-19-11-16(23)13(9-18(19)28-3)12-24-26-20(5-2)25-17-7-6-14(22)10-15(17)21(26)27/h1,6-7,9-12H,5,8H2,2-3H3. The van der Waals surface area contributed by atoms with Crippen molar-refractivity contribution in [3.63, 3.8) is 0 Å². The molecule has 1 aromatic heterocycles. The molecule has 0 saturated heterocycles. The van der Waals surface area contributed by atoms with Crippen molar-refractivity contribution in [2.75, 3.05) is 13.7 Å². The van der Waals surface area contributed by atoms with E-state index in [1.54, 1.807) is 24.4 Å². The zero-order valence-corrected chi connectivity index (χ0v) is 18.9. The van der Waals surface area contributed by atoms with Crippen LogP contribution in [0.5, 0.6) is 11.5 Å². The average molecular weight is 519 g/mol. The molecular weight excluding hydrogens is 502 g/mol. The van der Waals surface area contributed by atoms with E-state index >= 15 is 0 Å². The number of terminal acetylenes is 1. The molecule has 0 saturated carbocycles. The lowest BCUT2D eigenvalue weighted by Gasteiger charge is -2.11. The Balaban J connectivity index is 2.08. The fraction of sp³-hybridized carbons (Fsp3) is 0.190. The number of ether oxygens (including phenoxy) is 2. The Bertz CT molecular complexity index is 1200. The maximum absolute atomic E-state index is 13.0. The minimum atomic E-state index is -0.235. The highest BCUT2D eigenvalue weighted by atomic mass is 79.9. The molecule has 0 spiro atoms. The number of aryl methyl sites for hydroxylation is 1. The molecule has 0 amide bonds. The molecule has 29 heavy (non-hydrogen) atoms. The molecule has 8 heteroatoms. The fourth-order valence-corrected chi connectivity index (χ4v) is 3.49. The van der Waals surface area contributed by atoms with E-state index in [9.17, 15) is 4.79 Å². The van der Waals surface area contributed by atoms with Crippen LogP contribution in [-0.4, -0.2) is 29.6 Å². The van der Waals surface area contributed by atoms with Crippen LogP contribution in [0.25, 0.3) is 10.9 Å². The van der Waals surface area contributed by atoms with Crippen molar-refractivity contribution in [1.82, 2.24) is 9.66 Å². The molecule has 6 nitrogen and oxygen atoms in total. The van der Waals surface area contributed by atoms with Gasteiger partial charge in [0.05, 0.1) is 24.2 Å². The van der Waals surface area contributed by atoms with Crippen LogP contribution in [0.1, 0.15) is 18.3 Å². The third-order valence-electron chi connectivity index (χ3n) is 4.10. The summed E-state index contributed by atoms with van der Waals surface area (Å²) in [7, 11) is 1.54. The van der Waals surface area contributed by atoms with E-state index in [1.807, 2.05) is 19.1 Å². The summed E-state index contributed by atoms with van der Waals surface area (Å²) in [5.41, 5.74) is 1.11. The first-order valence-electron chi connectivity index (χ1n) is 8.67. The van der Waals surface area contributed by atoms with Gasteiger partial charge in [-0.25, -0.2) is 4.98 Å². The first kappa shape index (κ1) is 21.1. The Morgan fingerprint density at radius 1 is 1.28 bits per heavy atom. The summed E-state index contributed by atoms with van der Waals surface area (Å²) >= 11 is 6.89.